The lowest BCUT2D eigenvalue weighted by molar-refractivity contribution is 0.198. The Kier molecular flexibility index (Phi) is 5.01. The van der Waals surface area contributed by atoms with E-state index in [1.165, 1.54) is 32.5 Å². The summed E-state index contributed by atoms with van der Waals surface area (Å²) < 4.78 is 0.912. The molecule has 18 heavy (non-hydrogen) atoms. The smallest absolute Gasteiger partial charge is 0.129 e. The molecule has 3 nitrogen and oxygen atoms in total. The third kappa shape index (κ3) is 3.95. The molecule has 0 amide bonds. The number of hydrogen-bond donors (Lipinski definition) is 1. The Morgan fingerprint density at radius 2 is 2.17 bits per heavy atom. The van der Waals surface area contributed by atoms with Crippen molar-refractivity contribution in [3.63, 3.8) is 0 Å². The summed E-state index contributed by atoms with van der Waals surface area (Å²) in [5.41, 5.74) is 1.11. The predicted octanol–water partition coefficient (Wildman–Crippen LogP) is 3.38. The molecule has 4 heteroatoms. The molecule has 0 aliphatic carbocycles. The van der Waals surface area contributed by atoms with Gasteiger partial charge in [-0.3, -0.25) is 0 Å². The van der Waals surface area contributed by atoms with Crippen molar-refractivity contribution in [3.8, 4) is 0 Å². The van der Waals surface area contributed by atoms with E-state index in [0.29, 0.717) is 6.04 Å². The topological polar surface area (TPSA) is 28.2 Å². The molecule has 0 radical (unpaired) electrons. The highest BCUT2D eigenvalue weighted by atomic mass is 79.9. The van der Waals surface area contributed by atoms with Gasteiger partial charge in [0, 0.05) is 31.9 Å². The summed E-state index contributed by atoms with van der Waals surface area (Å²) in [5.74, 6) is 0.766. The van der Waals surface area contributed by atoms with Gasteiger partial charge in [0.15, 0.2) is 0 Å². The fraction of sp³-hybridized carbons (Fsp3) is 0.643. The lowest BCUT2D eigenvalue weighted by Crippen LogP contribution is -2.40. The van der Waals surface area contributed by atoms with Crippen LogP contribution in [0.15, 0.2) is 22.9 Å². The van der Waals surface area contributed by atoms with Crippen molar-refractivity contribution in [1.82, 2.24) is 9.88 Å². The van der Waals surface area contributed by atoms with Gasteiger partial charge in [0.25, 0.3) is 0 Å². The zero-order chi connectivity index (χ0) is 13.0. The molecular weight excluding hydrogens is 290 g/mol. The molecule has 0 aromatic carbocycles. The molecule has 0 unspecified atom stereocenters. The molecule has 1 aliphatic heterocycles. The van der Waals surface area contributed by atoms with E-state index in [1.807, 2.05) is 6.07 Å². The number of halogens is 1. The zero-order valence-corrected chi connectivity index (χ0v) is 12.8. The van der Waals surface area contributed by atoms with Crippen LogP contribution in [0.1, 0.15) is 26.7 Å². The van der Waals surface area contributed by atoms with Crippen LogP contribution in [-0.4, -0.2) is 35.6 Å². The Balaban J connectivity index is 1.82. The van der Waals surface area contributed by atoms with Crippen molar-refractivity contribution >= 4 is 21.6 Å². The lowest BCUT2D eigenvalue weighted by atomic mass is 10.0. The number of pyridine rings is 1. The maximum absolute atomic E-state index is 4.24. The van der Waals surface area contributed by atoms with Crippen LogP contribution in [0.2, 0.25) is 0 Å². The molecule has 2 rings (SSSR count). The molecule has 0 saturated carbocycles. The molecule has 1 saturated heterocycles. The minimum Gasteiger partial charge on any atom is -0.380 e. The lowest BCUT2D eigenvalue weighted by Gasteiger charge is -2.33. The zero-order valence-electron chi connectivity index (χ0n) is 11.2. The minimum absolute atomic E-state index is 0.578. The van der Waals surface area contributed by atoms with Gasteiger partial charge < -0.3 is 10.2 Å². The summed E-state index contributed by atoms with van der Waals surface area (Å²) in [6, 6.07) is 4.63. The molecule has 1 aliphatic rings. The van der Waals surface area contributed by atoms with E-state index >= 15 is 0 Å². The van der Waals surface area contributed by atoms with Crippen LogP contribution in [0.5, 0.6) is 0 Å². The maximum atomic E-state index is 4.24. The highest BCUT2D eigenvalue weighted by molar-refractivity contribution is 9.10. The summed E-state index contributed by atoms with van der Waals surface area (Å²) in [6.07, 6.45) is 4.24. The van der Waals surface area contributed by atoms with Gasteiger partial charge in [-0.1, -0.05) is 13.8 Å². The number of anilines is 1. The second-order valence-electron chi connectivity index (χ2n) is 5.45. The number of rotatable bonds is 4. The van der Waals surface area contributed by atoms with Gasteiger partial charge in [-0.15, -0.1) is 0 Å². The van der Waals surface area contributed by atoms with Crippen molar-refractivity contribution in [1.29, 1.82) is 0 Å². The third-order valence-electron chi connectivity index (χ3n) is 3.33. The molecule has 0 atom stereocenters. The SMILES string of the molecule is CC(C)CN1CCC(Nc2cccnc2Br)CC1. The van der Waals surface area contributed by atoms with Gasteiger partial charge >= 0.3 is 0 Å². The highest BCUT2D eigenvalue weighted by Crippen LogP contribution is 2.22. The largest absolute Gasteiger partial charge is 0.380 e. The quantitative estimate of drug-likeness (QED) is 0.864. The molecule has 0 spiro atoms. The Bertz CT molecular complexity index is 373. The number of nitrogens with zero attached hydrogens (tertiary/aromatic N) is 2. The minimum atomic E-state index is 0.578. The first-order valence-corrected chi connectivity index (χ1v) is 7.54. The van der Waals surface area contributed by atoms with E-state index in [0.717, 1.165) is 16.2 Å². The fourth-order valence-electron chi connectivity index (χ4n) is 2.49. The monoisotopic (exact) mass is 311 g/mol. The Labute approximate surface area is 118 Å². The third-order valence-corrected chi connectivity index (χ3v) is 3.96. The van der Waals surface area contributed by atoms with Crippen LogP contribution < -0.4 is 5.32 Å². The molecular formula is C14H22BrN3. The van der Waals surface area contributed by atoms with Crippen molar-refractivity contribution in [2.75, 3.05) is 25.0 Å². The van der Waals surface area contributed by atoms with Crippen LogP contribution in [0.25, 0.3) is 0 Å². The van der Waals surface area contributed by atoms with E-state index < -0.39 is 0 Å². The Morgan fingerprint density at radius 1 is 1.44 bits per heavy atom. The van der Waals surface area contributed by atoms with Crippen LogP contribution in [0.4, 0.5) is 5.69 Å². The van der Waals surface area contributed by atoms with E-state index in [1.54, 1.807) is 6.20 Å². The average molecular weight is 312 g/mol. The van der Waals surface area contributed by atoms with E-state index in [2.05, 4.69) is 51.0 Å². The summed E-state index contributed by atoms with van der Waals surface area (Å²) in [7, 11) is 0. The van der Waals surface area contributed by atoms with E-state index in [4.69, 9.17) is 0 Å². The van der Waals surface area contributed by atoms with E-state index in [-0.39, 0.29) is 0 Å². The van der Waals surface area contributed by atoms with Crippen LogP contribution in [-0.2, 0) is 0 Å². The van der Waals surface area contributed by atoms with Crippen molar-refractivity contribution in [2.45, 2.75) is 32.7 Å². The first-order valence-electron chi connectivity index (χ1n) is 6.74. The van der Waals surface area contributed by atoms with Crippen molar-refractivity contribution in [3.05, 3.63) is 22.9 Å². The summed E-state index contributed by atoms with van der Waals surface area (Å²) in [5, 5.41) is 3.59. The number of nitrogens with one attached hydrogen (secondary N) is 1. The number of aromatic nitrogens is 1. The maximum Gasteiger partial charge on any atom is 0.129 e. The fourth-order valence-corrected chi connectivity index (χ4v) is 2.85. The first kappa shape index (κ1) is 13.8. The van der Waals surface area contributed by atoms with Gasteiger partial charge in [0.05, 0.1) is 5.69 Å². The number of likely N-dealkylation sites (tertiary alicyclic amines) is 1. The molecule has 1 fully saturated rings. The summed E-state index contributed by atoms with van der Waals surface area (Å²) in [6.45, 7) is 8.21. The van der Waals surface area contributed by atoms with Gasteiger partial charge in [0.1, 0.15) is 4.60 Å². The molecule has 2 heterocycles. The van der Waals surface area contributed by atoms with E-state index in [9.17, 15) is 0 Å². The Morgan fingerprint density at radius 3 is 2.78 bits per heavy atom. The molecule has 1 aromatic rings. The number of piperidine rings is 1. The molecule has 0 bridgehead atoms. The Hall–Kier alpha value is -0.610. The average Bonchev–Trinajstić information content (AvgIpc) is 2.34. The standard InChI is InChI=1S/C14H22BrN3/c1-11(2)10-18-8-5-12(6-9-18)17-13-4-3-7-16-14(13)15/h3-4,7,11-12,17H,5-6,8-10H2,1-2H3. The predicted molar refractivity (Wildman–Crippen MR) is 79.9 cm³/mol. The van der Waals surface area contributed by atoms with Crippen LogP contribution in [0.3, 0.4) is 0 Å². The highest BCUT2D eigenvalue weighted by Gasteiger charge is 2.19. The van der Waals surface area contributed by atoms with Crippen LogP contribution >= 0.6 is 15.9 Å². The summed E-state index contributed by atoms with van der Waals surface area (Å²) >= 11 is 3.48. The molecule has 100 valence electrons. The molecule has 1 aromatic heterocycles. The second kappa shape index (κ2) is 6.53. The van der Waals surface area contributed by atoms with Crippen molar-refractivity contribution in [2.24, 2.45) is 5.92 Å². The van der Waals surface area contributed by atoms with Gasteiger partial charge in [-0.2, -0.15) is 0 Å². The van der Waals surface area contributed by atoms with Crippen LogP contribution in [0, 0.1) is 5.92 Å². The number of hydrogen-bond acceptors (Lipinski definition) is 3. The first-order chi connectivity index (χ1) is 8.65. The van der Waals surface area contributed by atoms with Gasteiger partial charge in [-0.05, 0) is 46.8 Å². The van der Waals surface area contributed by atoms with Gasteiger partial charge in [-0.25, -0.2) is 4.98 Å². The molecule has 1 N–H and O–H groups in total. The summed E-state index contributed by atoms with van der Waals surface area (Å²) in [4.78, 5) is 6.81. The second-order valence-corrected chi connectivity index (χ2v) is 6.21. The van der Waals surface area contributed by atoms with Gasteiger partial charge in [0.2, 0.25) is 0 Å². The normalized spacial score (nSPS) is 18.2. The van der Waals surface area contributed by atoms with Crippen molar-refractivity contribution < 1.29 is 0 Å².